The van der Waals surface area contributed by atoms with Crippen LogP contribution in [0.15, 0.2) is 41.5 Å². The average Bonchev–Trinajstić information content (AvgIpc) is 2.58. The first-order valence-electron chi connectivity index (χ1n) is 7.29. The summed E-state index contributed by atoms with van der Waals surface area (Å²) in [6.45, 7) is 3.70. The number of halogens is 1. The third kappa shape index (κ3) is 4.06. The predicted molar refractivity (Wildman–Crippen MR) is 95.4 cm³/mol. The van der Waals surface area contributed by atoms with Gasteiger partial charge in [-0.3, -0.25) is 4.79 Å². The molecule has 0 aromatic heterocycles. The highest BCUT2D eigenvalue weighted by Gasteiger charge is 2.11. The van der Waals surface area contributed by atoms with Crippen LogP contribution in [-0.2, 0) is 0 Å². The minimum absolute atomic E-state index is 0.361. The summed E-state index contributed by atoms with van der Waals surface area (Å²) in [6, 6.07) is 10.7. The molecule has 126 valence electrons. The highest BCUT2D eigenvalue weighted by molar-refractivity contribution is 6.33. The van der Waals surface area contributed by atoms with E-state index in [4.69, 9.17) is 21.1 Å². The summed E-state index contributed by atoms with van der Waals surface area (Å²) in [4.78, 5) is 12.2. The van der Waals surface area contributed by atoms with E-state index in [1.165, 1.54) is 0 Å². The average molecular weight is 347 g/mol. The van der Waals surface area contributed by atoms with Gasteiger partial charge < -0.3 is 9.47 Å². The lowest BCUT2D eigenvalue weighted by molar-refractivity contribution is 0.0955. The van der Waals surface area contributed by atoms with Crippen molar-refractivity contribution in [1.29, 1.82) is 0 Å². The number of hydrogen-bond donors (Lipinski definition) is 1. The maximum atomic E-state index is 12.2. The van der Waals surface area contributed by atoms with Crippen LogP contribution in [0.1, 0.15) is 28.4 Å². The van der Waals surface area contributed by atoms with Crippen LogP contribution in [0.5, 0.6) is 11.5 Å². The Labute approximate surface area is 146 Å². The fraction of sp³-hybridized carbons (Fsp3) is 0.222. The molecule has 1 N–H and O–H groups in total. The molecule has 24 heavy (non-hydrogen) atoms. The zero-order chi connectivity index (χ0) is 17.7. The van der Waals surface area contributed by atoms with Gasteiger partial charge in [0.05, 0.1) is 30.5 Å². The van der Waals surface area contributed by atoms with Crippen LogP contribution in [0, 0.1) is 6.92 Å². The Morgan fingerprint density at radius 1 is 1.08 bits per heavy atom. The molecule has 2 rings (SSSR count). The summed E-state index contributed by atoms with van der Waals surface area (Å²) in [5.74, 6) is 0.863. The Kier molecular flexibility index (Phi) is 5.82. The topological polar surface area (TPSA) is 59.9 Å². The molecule has 0 saturated carbocycles. The van der Waals surface area contributed by atoms with Gasteiger partial charge in [0, 0.05) is 5.56 Å². The maximum Gasteiger partial charge on any atom is 0.272 e. The largest absolute Gasteiger partial charge is 0.493 e. The van der Waals surface area contributed by atoms with E-state index in [2.05, 4.69) is 10.5 Å². The number of amides is 1. The zero-order valence-corrected chi connectivity index (χ0v) is 14.8. The van der Waals surface area contributed by atoms with Gasteiger partial charge in [-0.1, -0.05) is 17.7 Å². The molecule has 0 heterocycles. The summed E-state index contributed by atoms with van der Waals surface area (Å²) >= 11 is 6.09. The van der Waals surface area contributed by atoms with Gasteiger partial charge in [-0.05, 0) is 49.7 Å². The van der Waals surface area contributed by atoms with Crippen molar-refractivity contribution in [1.82, 2.24) is 5.43 Å². The number of nitrogens with one attached hydrogen (secondary N) is 1. The molecule has 0 spiro atoms. The van der Waals surface area contributed by atoms with Crippen molar-refractivity contribution in [2.75, 3.05) is 14.2 Å². The molecule has 0 unspecified atom stereocenters. The van der Waals surface area contributed by atoms with Crippen molar-refractivity contribution < 1.29 is 14.3 Å². The van der Waals surface area contributed by atoms with Crippen molar-refractivity contribution in [2.24, 2.45) is 5.10 Å². The molecule has 5 nitrogen and oxygen atoms in total. The van der Waals surface area contributed by atoms with Crippen LogP contribution in [-0.4, -0.2) is 25.8 Å². The van der Waals surface area contributed by atoms with E-state index in [1.54, 1.807) is 45.4 Å². The van der Waals surface area contributed by atoms with Gasteiger partial charge in [-0.15, -0.1) is 0 Å². The van der Waals surface area contributed by atoms with Gasteiger partial charge in [0.2, 0.25) is 0 Å². The van der Waals surface area contributed by atoms with Crippen molar-refractivity contribution in [3.63, 3.8) is 0 Å². The number of hydrazone groups is 1. The molecule has 2 aromatic carbocycles. The minimum Gasteiger partial charge on any atom is -0.493 e. The number of rotatable bonds is 5. The van der Waals surface area contributed by atoms with Crippen LogP contribution < -0.4 is 14.9 Å². The smallest absolute Gasteiger partial charge is 0.272 e. The molecule has 0 aliphatic carbocycles. The lowest BCUT2D eigenvalue weighted by atomic mass is 10.1. The number of hydrogen-bond acceptors (Lipinski definition) is 4. The Morgan fingerprint density at radius 3 is 2.42 bits per heavy atom. The molecule has 6 heteroatoms. The third-order valence-electron chi connectivity index (χ3n) is 3.50. The molecule has 0 bridgehead atoms. The van der Waals surface area contributed by atoms with Gasteiger partial charge in [0.25, 0.3) is 5.91 Å². The van der Waals surface area contributed by atoms with E-state index in [-0.39, 0.29) is 5.91 Å². The second kappa shape index (κ2) is 7.84. The minimum atomic E-state index is -0.361. The molecule has 0 atom stereocenters. The lowest BCUT2D eigenvalue weighted by Gasteiger charge is -2.09. The van der Waals surface area contributed by atoms with E-state index in [9.17, 15) is 4.79 Å². The summed E-state index contributed by atoms with van der Waals surface area (Å²) in [6.07, 6.45) is 0. The fourth-order valence-electron chi connectivity index (χ4n) is 2.12. The van der Waals surface area contributed by atoms with E-state index in [0.29, 0.717) is 27.8 Å². The lowest BCUT2D eigenvalue weighted by Crippen LogP contribution is -2.19. The normalized spacial score (nSPS) is 11.1. The quantitative estimate of drug-likeness (QED) is 0.661. The van der Waals surface area contributed by atoms with E-state index >= 15 is 0 Å². The molecule has 0 aliphatic heterocycles. The highest BCUT2D eigenvalue weighted by atomic mass is 35.5. The summed E-state index contributed by atoms with van der Waals surface area (Å²) in [5.41, 5.74) is 5.32. The number of benzene rings is 2. The Morgan fingerprint density at radius 2 is 1.79 bits per heavy atom. The number of aryl methyl sites for hydroxylation is 1. The first kappa shape index (κ1) is 17.8. The van der Waals surface area contributed by atoms with Gasteiger partial charge >= 0.3 is 0 Å². The van der Waals surface area contributed by atoms with Crippen LogP contribution >= 0.6 is 11.6 Å². The van der Waals surface area contributed by atoms with E-state index < -0.39 is 0 Å². The molecular weight excluding hydrogens is 328 g/mol. The van der Waals surface area contributed by atoms with Gasteiger partial charge in [0.1, 0.15) is 0 Å². The van der Waals surface area contributed by atoms with Gasteiger partial charge in [0.15, 0.2) is 11.5 Å². The van der Waals surface area contributed by atoms with Crippen LogP contribution in [0.3, 0.4) is 0 Å². The Balaban J connectivity index is 2.18. The number of carbonyl (C=O) groups is 1. The maximum absolute atomic E-state index is 12.2. The van der Waals surface area contributed by atoms with Crippen molar-refractivity contribution in [3.05, 3.63) is 58.1 Å². The monoisotopic (exact) mass is 346 g/mol. The SMILES string of the molecule is COc1ccc(/C(C)=N\NC(=O)c2ccc(C)cc2Cl)cc1OC. The first-order valence-corrected chi connectivity index (χ1v) is 7.67. The number of carbonyl (C=O) groups excluding carboxylic acids is 1. The van der Waals surface area contributed by atoms with Gasteiger partial charge in [-0.2, -0.15) is 5.10 Å². The molecule has 0 fully saturated rings. The number of ether oxygens (including phenoxy) is 2. The number of nitrogens with zero attached hydrogens (tertiary/aromatic N) is 1. The highest BCUT2D eigenvalue weighted by Crippen LogP contribution is 2.27. The Hall–Kier alpha value is -2.53. The van der Waals surface area contributed by atoms with E-state index in [1.807, 2.05) is 19.1 Å². The third-order valence-corrected chi connectivity index (χ3v) is 3.81. The summed E-state index contributed by atoms with van der Waals surface area (Å²) < 4.78 is 10.5. The van der Waals surface area contributed by atoms with Crippen LogP contribution in [0.2, 0.25) is 5.02 Å². The van der Waals surface area contributed by atoms with Crippen LogP contribution in [0.4, 0.5) is 0 Å². The van der Waals surface area contributed by atoms with Crippen molar-refractivity contribution >= 4 is 23.2 Å². The molecule has 0 saturated heterocycles. The molecule has 0 aliphatic rings. The van der Waals surface area contributed by atoms with Crippen molar-refractivity contribution in [2.45, 2.75) is 13.8 Å². The van der Waals surface area contributed by atoms with Crippen LogP contribution in [0.25, 0.3) is 0 Å². The number of methoxy groups -OCH3 is 2. The molecular formula is C18H19ClN2O3. The van der Waals surface area contributed by atoms with Crippen molar-refractivity contribution in [3.8, 4) is 11.5 Å². The fourth-order valence-corrected chi connectivity index (χ4v) is 2.45. The predicted octanol–water partition coefficient (Wildman–Crippen LogP) is 3.82. The Bertz CT molecular complexity index is 788. The van der Waals surface area contributed by atoms with Gasteiger partial charge in [-0.25, -0.2) is 5.43 Å². The summed E-state index contributed by atoms with van der Waals surface area (Å²) in [5, 5.41) is 4.52. The molecule has 1 amide bonds. The molecule has 2 aromatic rings. The first-order chi connectivity index (χ1) is 11.5. The summed E-state index contributed by atoms with van der Waals surface area (Å²) in [7, 11) is 3.14. The standard InChI is InChI=1S/C18H19ClN2O3/c1-11-5-7-14(15(19)9-11)18(22)21-20-12(2)13-6-8-16(23-3)17(10-13)24-4/h5-10H,1-4H3,(H,21,22)/b20-12-. The van der Waals surface area contributed by atoms with E-state index in [0.717, 1.165) is 11.1 Å². The second-order valence-corrected chi connectivity index (χ2v) is 5.60. The molecule has 0 radical (unpaired) electrons. The second-order valence-electron chi connectivity index (χ2n) is 5.19. The zero-order valence-electron chi connectivity index (χ0n) is 14.0.